The van der Waals surface area contributed by atoms with Crippen LogP contribution in [0.3, 0.4) is 0 Å². The summed E-state index contributed by atoms with van der Waals surface area (Å²) in [6.45, 7) is 2.99. The molecule has 0 amide bonds. The molecule has 17 heavy (non-hydrogen) atoms. The van der Waals surface area contributed by atoms with Crippen LogP contribution in [0.2, 0.25) is 0 Å². The quantitative estimate of drug-likeness (QED) is 0.762. The Bertz CT molecular complexity index is 502. The first-order valence-corrected chi connectivity index (χ1v) is 8.85. The Morgan fingerprint density at radius 2 is 2.29 bits per heavy atom. The van der Waals surface area contributed by atoms with E-state index < -0.39 is 10.0 Å². The van der Waals surface area contributed by atoms with Gasteiger partial charge in [0.2, 0.25) is 0 Å². The van der Waals surface area contributed by atoms with E-state index in [1.54, 1.807) is 11.4 Å². The average molecular weight is 359 g/mol. The van der Waals surface area contributed by atoms with E-state index in [4.69, 9.17) is 11.6 Å². The van der Waals surface area contributed by atoms with Crippen LogP contribution in [0.4, 0.5) is 0 Å². The summed E-state index contributed by atoms with van der Waals surface area (Å²) in [6.07, 6.45) is 0.713. The number of piperidine rings is 1. The normalized spacial score (nSPS) is 27.2. The van der Waals surface area contributed by atoms with Crippen LogP contribution in [-0.2, 0) is 10.0 Å². The van der Waals surface area contributed by atoms with Gasteiger partial charge in [0.05, 0.1) is 0 Å². The first-order valence-electron chi connectivity index (χ1n) is 5.30. The van der Waals surface area contributed by atoms with Gasteiger partial charge in [0.1, 0.15) is 4.21 Å². The highest BCUT2D eigenvalue weighted by atomic mass is 79.9. The molecule has 1 aliphatic rings. The molecule has 1 saturated heterocycles. The van der Waals surface area contributed by atoms with Gasteiger partial charge in [0.15, 0.2) is 0 Å². The smallest absolute Gasteiger partial charge is 0.206 e. The zero-order valence-corrected chi connectivity index (χ0v) is 13.2. The van der Waals surface area contributed by atoms with Crippen molar-refractivity contribution in [3.63, 3.8) is 0 Å². The largest absolute Gasteiger partial charge is 0.253 e. The minimum atomic E-state index is -3.36. The van der Waals surface area contributed by atoms with Crippen molar-refractivity contribution in [3.05, 3.63) is 15.9 Å². The molecule has 1 aromatic heterocycles. The maximum atomic E-state index is 12.4. The fraction of sp³-hybridized carbons (Fsp3) is 0.600. The van der Waals surface area contributed by atoms with Crippen molar-refractivity contribution < 1.29 is 8.42 Å². The molecule has 0 bridgehead atoms. The van der Waals surface area contributed by atoms with Crippen LogP contribution in [-0.4, -0.2) is 31.2 Å². The van der Waals surface area contributed by atoms with E-state index in [1.165, 1.54) is 15.6 Å². The van der Waals surface area contributed by atoms with Crippen LogP contribution < -0.4 is 0 Å². The number of nitrogens with zero attached hydrogens (tertiary/aromatic N) is 1. The highest BCUT2D eigenvalue weighted by Gasteiger charge is 2.34. The summed E-state index contributed by atoms with van der Waals surface area (Å²) in [5.74, 6) is 0.193. The van der Waals surface area contributed by atoms with Gasteiger partial charge in [-0.25, -0.2) is 8.42 Å². The van der Waals surface area contributed by atoms with Gasteiger partial charge >= 0.3 is 0 Å². The molecule has 2 rings (SSSR count). The maximum absolute atomic E-state index is 12.4. The molecule has 1 aliphatic heterocycles. The second-order valence-electron chi connectivity index (χ2n) is 4.20. The van der Waals surface area contributed by atoms with Crippen LogP contribution >= 0.6 is 38.9 Å². The second-order valence-corrected chi connectivity index (χ2v) is 8.67. The van der Waals surface area contributed by atoms with Gasteiger partial charge in [-0.05, 0) is 39.7 Å². The van der Waals surface area contributed by atoms with E-state index in [2.05, 4.69) is 15.9 Å². The van der Waals surface area contributed by atoms with E-state index in [1.807, 2.05) is 6.92 Å². The van der Waals surface area contributed by atoms with Crippen molar-refractivity contribution in [3.8, 4) is 0 Å². The monoisotopic (exact) mass is 357 g/mol. The summed E-state index contributed by atoms with van der Waals surface area (Å²) in [7, 11) is -3.36. The third kappa shape index (κ3) is 2.71. The predicted octanol–water partition coefficient (Wildman–Crippen LogP) is 3.15. The van der Waals surface area contributed by atoms with Crippen molar-refractivity contribution in [2.75, 3.05) is 13.1 Å². The van der Waals surface area contributed by atoms with Crippen LogP contribution in [0.15, 0.2) is 20.1 Å². The standard InChI is InChI=1S/C10H13BrClNO2S2/c1-7-6-13(4-2-9(7)12)17(14,15)10-8(11)3-5-16-10/h3,5,7,9H,2,4,6H2,1H3. The number of alkyl halides is 1. The van der Waals surface area contributed by atoms with E-state index >= 15 is 0 Å². The summed E-state index contributed by atoms with van der Waals surface area (Å²) in [5.41, 5.74) is 0. The van der Waals surface area contributed by atoms with Crippen LogP contribution in [0.25, 0.3) is 0 Å². The predicted molar refractivity (Wildman–Crippen MR) is 74.2 cm³/mol. The molecule has 96 valence electrons. The van der Waals surface area contributed by atoms with Crippen molar-refractivity contribution >= 4 is 48.9 Å². The zero-order chi connectivity index (χ0) is 12.6. The Morgan fingerprint density at radius 1 is 1.59 bits per heavy atom. The highest BCUT2D eigenvalue weighted by Crippen LogP contribution is 2.33. The van der Waals surface area contributed by atoms with Gasteiger partial charge in [-0.1, -0.05) is 6.92 Å². The molecule has 0 saturated carbocycles. The third-order valence-corrected chi connectivity index (χ3v) is 8.08. The van der Waals surface area contributed by atoms with Gasteiger partial charge in [0, 0.05) is 22.9 Å². The molecule has 0 N–H and O–H groups in total. The lowest BCUT2D eigenvalue weighted by Crippen LogP contribution is -2.43. The number of halogens is 2. The lowest BCUT2D eigenvalue weighted by atomic mass is 10.0. The number of sulfonamides is 1. The number of hydrogen-bond acceptors (Lipinski definition) is 3. The van der Waals surface area contributed by atoms with Crippen LogP contribution in [0.1, 0.15) is 13.3 Å². The molecule has 0 spiro atoms. The van der Waals surface area contributed by atoms with Gasteiger partial charge in [-0.2, -0.15) is 4.31 Å². The van der Waals surface area contributed by atoms with Crippen molar-refractivity contribution in [1.82, 2.24) is 4.31 Å². The molecule has 3 nitrogen and oxygen atoms in total. The van der Waals surface area contributed by atoms with Crippen molar-refractivity contribution in [2.24, 2.45) is 5.92 Å². The van der Waals surface area contributed by atoms with E-state index in [9.17, 15) is 8.42 Å². The van der Waals surface area contributed by atoms with Gasteiger partial charge in [-0.15, -0.1) is 22.9 Å². The Morgan fingerprint density at radius 3 is 2.82 bits per heavy atom. The lowest BCUT2D eigenvalue weighted by Gasteiger charge is -2.32. The fourth-order valence-electron chi connectivity index (χ4n) is 1.88. The molecule has 1 aromatic rings. The molecule has 2 unspecified atom stereocenters. The maximum Gasteiger partial charge on any atom is 0.253 e. The number of thiophene rings is 1. The first kappa shape index (κ1) is 13.8. The summed E-state index contributed by atoms with van der Waals surface area (Å²) in [5, 5.41) is 1.85. The molecular weight excluding hydrogens is 346 g/mol. The van der Waals surface area contributed by atoms with E-state index in [-0.39, 0.29) is 11.3 Å². The summed E-state index contributed by atoms with van der Waals surface area (Å²) in [6, 6.07) is 1.76. The Labute approximate surface area is 119 Å². The average Bonchev–Trinajstić information content (AvgIpc) is 2.69. The Kier molecular flexibility index (Phi) is 4.20. The van der Waals surface area contributed by atoms with E-state index in [0.29, 0.717) is 28.2 Å². The van der Waals surface area contributed by atoms with Crippen molar-refractivity contribution in [1.29, 1.82) is 0 Å². The van der Waals surface area contributed by atoms with Crippen LogP contribution in [0.5, 0.6) is 0 Å². The van der Waals surface area contributed by atoms with Crippen LogP contribution in [0, 0.1) is 5.92 Å². The Balaban J connectivity index is 2.26. The molecule has 7 heteroatoms. The van der Waals surface area contributed by atoms with Gasteiger partial charge < -0.3 is 0 Å². The number of hydrogen-bond donors (Lipinski definition) is 0. The lowest BCUT2D eigenvalue weighted by molar-refractivity contribution is 0.286. The minimum absolute atomic E-state index is 0.0771. The molecule has 2 atom stereocenters. The molecular formula is C10H13BrClNO2S2. The SMILES string of the molecule is CC1CN(S(=O)(=O)c2sccc2Br)CCC1Cl. The van der Waals surface area contributed by atoms with Gasteiger partial charge in [-0.3, -0.25) is 0 Å². The highest BCUT2D eigenvalue weighted by molar-refractivity contribution is 9.10. The minimum Gasteiger partial charge on any atom is -0.206 e. The third-order valence-electron chi connectivity index (χ3n) is 2.92. The summed E-state index contributed by atoms with van der Waals surface area (Å²) < 4.78 is 27.3. The fourth-order valence-corrected chi connectivity index (χ4v) is 6.06. The van der Waals surface area contributed by atoms with Crippen molar-refractivity contribution in [2.45, 2.75) is 22.9 Å². The molecule has 1 fully saturated rings. The molecule has 0 aliphatic carbocycles. The Hall–Kier alpha value is 0.380. The summed E-state index contributed by atoms with van der Waals surface area (Å²) in [4.78, 5) is 0. The molecule has 2 heterocycles. The topological polar surface area (TPSA) is 37.4 Å². The molecule has 0 aromatic carbocycles. The zero-order valence-electron chi connectivity index (χ0n) is 9.27. The van der Waals surface area contributed by atoms with Gasteiger partial charge in [0.25, 0.3) is 10.0 Å². The molecule has 0 radical (unpaired) electrons. The second kappa shape index (κ2) is 5.17. The number of rotatable bonds is 2. The van der Waals surface area contributed by atoms with E-state index in [0.717, 1.165) is 0 Å². The summed E-state index contributed by atoms with van der Waals surface area (Å²) >= 11 is 10.6. The first-order chi connectivity index (χ1) is 7.93.